The highest BCUT2D eigenvalue weighted by molar-refractivity contribution is 14.0. The zero-order valence-corrected chi connectivity index (χ0v) is 17.8. The number of ether oxygens (including phenoxy) is 1. The van der Waals surface area contributed by atoms with Gasteiger partial charge < -0.3 is 15.4 Å². The maximum Gasteiger partial charge on any atom is 0.240 e. The number of nitrogens with one attached hydrogen (secondary N) is 3. The Bertz CT molecular complexity index is 646. The van der Waals surface area contributed by atoms with E-state index >= 15 is 0 Å². The molecule has 1 aliphatic rings. The minimum Gasteiger partial charge on any atom is -0.380 e. The van der Waals surface area contributed by atoms with Crippen LogP contribution in [0.1, 0.15) is 25.3 Å². The van der Waals surface area contributed by atoms with Crippen LogP contribution in [0.15, 0.2) is 34.2 Å². The number of hydrogen-bond donors (Lipinski definition) is 3. The molecule has 25 heavy (non-hydrogen) atoms. The summed E-state index contributed by atoms with van der Waals surface area (Å²) in [5, 5.41) is 6.33. The van der Waals surface area contributed by atoms with Crippen LogP contribution in [0.4, 0.5) is 0 Å². The summed E-state index contributed by atoms with van der Waals surface area (Å²) in [5.41, 5.74) is 0.980. The summed E-state index contributed by atoms with van der Waals surface area (Å²) in [6.07, 6.45) is 1.85. The van der Waals surface area contributed by atoms with Crippen molar-refractivity contribution in [2.24, 2.45) is 4.99 Å². The average Bonchev–Trinajstić information content (AvgIpc) is 3.38. The number of benzene rings is 1. The summed E-state index contributed by atoms with van der Waals surface area (Å²) in [4.78, 5) is 4.43. The normalized spacial score (nSPS) is 14.7. The van der Waals surface area contributed by atoms with E-state index < -0.39 is 10.0 Å². The average molecular weight is 482 g/mol. The number of guanidine groups is 1. The number of hydrogen-bond acceptors (Lipinski definition) is 4. The van der Waals surface area contributed by atoms with Crippen LogP contribution in [0.25, 0.3) is 0 Å². The maximum absolute atomic E-state index is 12.1. The Morgan fingerprint density at radius 1 is 1.24 bits per heavy atom. The first-order chi connectivity index (χ1) is 11.5. The lowest BCUT2D eigenvalue weighted by molar-refractivity contribution is 0.152. The van der Waals surface area contributed by atoms with Crippen LogP contribution in [-0.2, 0) is 21.3 Å². The summed E-state index contributed by atoms with van der Waals surface area (Å²) in [6, 6.07) is 6.99. The van der Waals surface area contributed by atoms with Crippen LogP contribution in [0, 0.1) is 0 Å². The van der Waals surface area contributed by atoms with Gasteiger partial charge in [0.2, 0.25) is 10.0 Å². The Morgan fingerprint density at radius 2 is 1.92 bits per heavy atom. The standard InChI is InChI=1S/C16H26N4O3S.HI/c1-3-23-11-10-18-16(17-2)19-12-13-4-8-15(9-5-13)24(21,22)20-14-6-7-14;/h4-5,8-9,14,20H,3,6-7,10-12H2,1-2H3,(H2,17,18,19);1H. The van der Waals surface area contributed by atoms with Gasteiger partial charge >= 0.3 is 0 Å². The molecule has 0 aliphatic heterocycles. The molecule has 0 atom stereocenters. The fourth-order valence-corrected chi connectivity index (χ4v) is 3.37. The second-order valence-corrected chi connectivity index (χ2v) is 7.30. The molecule has 1 aliphatic carbocycles. The molecule has 0 unspecified atom stereocenters. The lowest BCUT2D eigenvalue weighted by Gasteiger charge is -2.12. The van der Waals surface area contributed by atoms with E-state index in [2.05, 4.69) is 20.3 Å². The minimum absolute atomic E-state index is 0. The van der Waals surface area contributed by atoms with Crippen LogP contribution in [0.5, 0.6) is 0 Å². The van der Waals surface area contributed by atoms with E-state index in [0.717, 1.165) is 18.4 Å². The van der Waals surface area contributed by atoms with E-state index in [1.807, 2.05) is 19.1 Å². The highest BCUT2D eigenvalue weighted by atomic mass is 127. The monoisotopic (exact) mass is 482 g/mol. The molecule has 1 fully saturated rings. The smallest absolute Gasteiger partial charge is 0.240 e. The van der Waals surface area contributed by atoms with Gasteiger partial charge in [0.25, 0.3) is 0 Å². The fraction of sp³-hybridized carbons (Fsp3) is 0.562. The van der Waals surface area contributed by atoms with Crippen molar-refractivity contribution in [3.8, 4) is 0 Å². The summed E-state index contributed by atoms with van der Waals surface area (Å²) >= 11 is 0. The van der Waals surface area contributed by atoms with E-state index in [1.54, 1.807) is 19.2 Å². The van der Waals surface area contributed by atoms with Gasteiger partial charge in [-0.3, -0.25) is 4.99 Å². The number of nitrogens with zero attached hydrogens (tertiary/aromatic N) is 1. The molecule has 142 valence electrons. The molecule has 1 aromatic rings. The van der Waals surface area contributed by atoms with Gasteiger partial charge in [0.05, 0.1) is 11.5 Å². The largest absolute Gasteiger partial charge is 0.380 e. The molecule has 0 aromatic heterocycles. The lowest BCUT2D eigenvalue weighted by atomic mass is 10.2. The van der Waals surface area contributed by atoms with Gasteiger partial charge in [-0.1, -0.05) is 12.1 Å². The van der Waals surface area contributed by atoms with Crippen molar-refractivity contribution < 1.29 is 13.2 Å². The molecule has 9 heteroatoms. The van der Waals surface area contributed by atoms with Crippen molar-refractivity contribution in [2.75, 3.05) is 26.8 Å². The Morgan fingerprint density at radius 3 is 2.48 bits per heavy atom. The summed E-state index contributed by atoms with van der Waals surface area (Å²) < 4.78 is 32.2. The Kier molecular flexibility index (Phi) is 9.69. The van der Waals surface area contributed by atoms with E-state index in [0.29, 0.717) is 37.2 Å². The zero-order valence-electron chi connectivity index (χ0n) is 14.6. The molecule has 0 saturated heterocycles. The van der Waals surface area contributed by atoms with E-state index in [1.165, 1.54) is 0 Å². The molecular weight excluding hydrogens is 455 g/mol. The van der Waals surface area contributed by atoms with E-state index in [-0.39, 0.29) is 30.0 Å². The van der Waals surface area contributed by atoms with Crippen molar-refractivity contribution in [1.29, 1.82) is 0 Å². The third-order valence-electron chi connectivity index (χ3n) is 3.56. The molecule has 3 N–H and O–H groups in total. The van der Waals surface area contributed by atoms with Crippen molar-refractivity contribution in [1.82, 2.24) is 15.4 Å². The molecule has 2 rings (SSSR count). The number of aliphatic imine (C=N–C) groups is 1. The lowest BCUT2D eigenvalue weighted by Crippen LogP contribution is -2.38. The highest BCUT2D eigenvalue weighted by Gasteiger charge is 2.27. The Labute approximate surface area is 167 Å². The topological polar surface area (TPSA) is 91.8 Å². The summed E-state index contributed by atoms with van der Waals surface area (Å²) in [7, 11) is -1.68. The second kappa shape index (κ2) is 10.9. The highest BCUT2D eigenvalue weighted by Crippen LogP contribution is 2.22. The first-order valence-electron chi connectivity index (χ1n) is 8.18. The molecule has 1 aromatic carbocycles. The fourth-order valence-electron chi connectivity index (χ4n) is 2.07. The molecule has 1 saturated carbocycles. The maximum atomic E-state index is 12.1. The molecule has 0 spiro atoms. The summed E-state index contributed by atoms with van der Waals surface area (Å²) in [5.74, 6) is 0.682. The van der Waals surface area contributed by atoms with Crippen LogP contribution >= 0.6 is 24.0 Å². The first kappa shape index (κ1) is 22.1. The van der Waals surface area contributed by atoms with Crippen LogP contribution < -0.4 is 15.4 Å². The SMILES string of the molecule is CCOCCNC(=NC)NCc1ccc(S(=O)(=O)NC2CC2)cc1.I. The van der Waals surface area contributed by atoms with Gasteiger partial charge in [-0.15, -0.1) is 24.0 Å². The second-order valence-electron chi connectivity index (χ2n) is 5.59. The zero-order chi connectivity index (χ0) is 17.4. The van der Waals surface area contributed by atoms with Crippen molar-refractivity contribution >= 4 is 40.0 Å². The molecule has 0 bridgehead atoms. The Hall–Kier alpha value is -0.910. The van der Waals surface area contributed by atoms with E-state index in [4.69, 9.17) is 4.74 Å². The van der Waals surface area contributed by atoms with Gasteiger partial charge in [-0.25, -0.2) is 13.1 Å². The summed E-state index contributed by atoms with van der Waals surface area (Å²) in [6.45, 7) is 4.51. The van der Waals surface area contributed by atoms with E-state index in [9.17, 15) is 8.42 Å². The molecule has 7 nitrogen and oxygen atoms in total. The number of rotatable bonds is 9. The quantitative estimate of drug-likeness (QED) is 0.215. The van der Waals surface area contributed by atoms with Gasteiger partial charge in [0.1, 0.15) is 0 Å². The van der Waals surface area contributed by atoms with Crippen molar-refractivity contribution in [2.45, 2.75) is 37.2 Å². The number of sulfonamides is 1. The van der Waals surface area contributed by atoms with Gasteiger partial charge in [-0.2, -0.15) is 0 Å². The van der Waals surface area contributed by atoms with Gasteiger partial charge in [-0.05, 0) is 37.5 Å². The predicted molar refractivity (Wildman–Crippen MR) is 110 cm³/mol. The van der Waals surface area contributed by atoms with Crippen LogP contribution in [-0.4, -0.2) is 47.2 Å². The van der Waals surface area contributed by atoms with Crippen molar-refractivity contribution in [3.63, 3.8) is 0 Å². The third-order valence-corrected chi connectivity index (χ3v) is 5.10. The van der Waals surface area contributed by atoms with Gasteiger partial charge in [0.15, 0.2) is 5.96 Å². The molecule has 0 radical (unpaired) electrons. The first-order valence-corrected chi connectivity index (χ1v) is 9.67. The van der Waals surface area contributed by atoms with Crippen LogP contribution in [0.3, 0.4) is 0 Å². The van der Waals surface area contributed by atoms with Crippen molar-refractivity contribution in [3.05, 3.63) is 29.8 Å². The van der Waals surface area contributed by atoms with Gasteiger partial charge in [0, 0.05) is 32.8 Å². The Balaban J connectivity index is 0.00000312. The predicted octanol–water partition coefficient (Wildman–Crippen LogP) is 1.45. The minimum atomic E-state index is -3.39. The molecule has 0 heterocycles. The van der Waals surface area contributed by atoms with Crippen LogP contribution in [0.2, 0.25) is 0 Å². The molecular formula is C16H27IN4O3S. The number of halogens is 1. The third kappa shape index (κ3) is 7.89. The molecule has 0 amide bonds.